The first-order valence-corrected chi connectivity index (χ1v) is 8.04. The molecule has 0 saturated heterocycles. The van der Waals surface area contributed by atoms with Crippen molar-refractivity contribution in [1.82, 2.24) is 15.0 Å². The lowest BCUT2D eigenvalue weighted by molar-refractivity contribution is 0.605. The largest absolute Gasteiger partial charge is 0.234 e. The number of hydrogen-bond acceptors (Lipinski definition) is 4. The van der Waals surface area contributed by atoms with Gasteiger partial charge in [-0.3, -0.25) is 0 Å². The Labute approximate surface area is 120 Å². The maximum Gasteiger partial charge on any atom is 0.136 e. The van der Waals surface area contributed by atoms with Gasteiger partial charge >= 0.3 is 0 Å². The lowest BCUT2D eigenvalue weighted by atomic mass is 10.2. The van der Waals surface area contributed by atoms with E-state index in [4.69, 9.17) is 0 Å². The van der Waals surface area contributed by atoms with E-state index in [1.807, 2.05) is 28.9 Å². The fourth-order valence-corrected chi connectivity index (χ4v) is 3.36. The van der Waals surface area contributed by atoms with Crippen LogP contribution in [-0.2, 0) is 6.54 Å². The molecule has 0 radical (unpaired) electrons. The zero-order valence-electron chi connectivity index (χ0n) is 10.5. The summed E-state index contributed by atoms with van der Waals surface area (Å²) in [4.78, 5) is 1.17. The summed E-state index contributed by atoms with van der Waals surface area (Å²) in [6.45, 7) is 0.759. The minimum Gasteiger partial charge on any atom is -0.234 e. The SMILES string of the molecule is CSc1c(-c2cccs2)nnn1Cc1ccccc1. The van der Waals surface area contributed by atoms with Crippen LogP contribution in [0.2, 0.25) is 0 Å². The van der Waals surface area contributed by atoms with Crippen LogP contribution in [0.4, 0.5) is 0 Å². The topological polar surface area (TPSA) is 30.7 Å². The predicted molar refractivity (Wildman–Crippen MR) is 80.7 cm³/mol. The summed E-state index contributed by atoms with van der Waals surface area (Å²) >= 11 is 3.39. The molecule has 0 unspecified atom stereocenters. The van der Waals surface area contributed by atoms with Crippen LogP contribution in [0.15, 0.2) is 52.9 Å². The highest BCUT2D eigenvalue weighted by atomic mass is 32.2. The fourth-order valence-electron chi connectivity index (χ4n) is 1.93. The second-order valence-corrected chi connectivity index (χ2v) is 5.81. The highest BCUT2D eigenvalue weighted by Crippen LogP contribution is 2.31. The molecular formula is C14H13N3S2. The molecule has 0 bridgehead atoms. The van der Waals surface area contributed by atoms with E-state index in [1.165, 1.54) is 10.4 Å². The first-order valence-electron chi connectivity index (χ1n) is 5.94. The number of benzene rings is 1. The van der Waals surface area contributed by atoms with Crippen LogP contribution in [0.5, 0.6) is 0 Å². The molecule has 0 spiro atoms. The van der Waals surface area contributed by atoms with E-state index in [0.29, 0.717) is 0 Å². The van der Waals surface area contributed by atoms with Crippen LogP contribution < -0.4 is 0 Å². The van der Waals surface area contributed by atoms with Crippen molar-refractivity contribution >= 4 is 23.1 Å². The minimum absolute atomic E-state index is 0.759. The highest BCUT2D eigenvalue weighted by molar-refractivity contribution is 7.98. The van der Waals surface area contributed by atoms with Crippen molar-refractivity contribution < 1.29 is 0 Å². The van der Waals surface area contributed by atoms with Crippen LogP contribution >= 0.6 is 23.1 Å². The summed E-state index contributed by atoms with van der Waals surface area (Å²) in [5.41, 5.74) is 2.22. The molecule has 3 aromatic rings. The number of rotatable bonds is 4. The van der Waals surface area contributed by atoms with Crippen molar-refractivity contribution in [3.05, 3.63) is 53.4 Å². The molecule has 2 heterocycles. The standard InChI is InChI=1S/C14H13N3S2/c1-18-14-13(12-8-5-9-19-12)15-16-17(14)10-11-6-3-2-4-7-11/h2-9H,10H2,1H3. The molecule has 2 aromatic heterocycles. The fraction of sp³-hybridized carbons (Fsp3) is 0.143. The number of nitrogens with zero attached hydrogens (tertiary/aromatic N) is 3. The van der Waals surface area contributed by atoms with Gasteiger partial charge in [-0.2, -0.15) is 0 Å². The zero-order chi connectivity index (χ0) is 13.1. The Morgan fingerprint density at radius 1 is 1.16 bits per heavy atom. The van der Waals surface area contributed by atoms with Crippen LogP contribution in [0, 0.1) is 0 Å². The van der Waals surface area contributed by atoms with Crippen molar-refractivity contribution in [3.8, 4) is 10.6 Å². The van der Waals surface area contributed by atoms with Gasteiger partial charge in [0.2, 0.25) is 0 Å². The molecule has 0 atom stereocenters. The number of thioether (sulfide) groups is 1. The second kappa shape index (κ2) is 5.59. The summed E-state index contributed by atoms with van der Waals surface area (Å²) in [5, 5.41) is 11.8. The van der Waals surface area contributed by atoms with Gasteiger partial charge in [-0.1, -0.05) is 41.6 Å². The van der Waals surface area contributed by atoms with E-state index in [1.54, 1.807) is 23.1 Å². The molecule has 5 heteroatoms. The molecule has 96 valence electrons. The normalized spacial score (nSPS) is 10.8. The molecule has 0 aliphatic heterocycles. The van der Waals surface area contributed by atoms with Crippen LogP contribution in [0.3, 0.4) is 0 Å². The van der Waals surface area contributed by atoms with Crippen LogP contribution in [0.1, 0.15) is 5.56 Å². The molecule has 0 N–H and O–H groups in total. The lowest BCUT2D eigenvalue weighted by Crippen LogP contribution is -2.03. The Hall–Kier alpha value is -1.59. The van der Waals surface area contributed by atoms with E-state index in [-0.39, 0.29) is 0 Å². The summed E-state index contributed by atoms with van der Waals surface area (Å²) in [6, 6.07) is 14.5. The molecule has 0 saturated carbocycles. The molecule has 3 rings (SSSR count). The van der Waals surface area contributed by atoms with Crippen LogP contribution in [0.25, 0.3) is 10.6 Å². The Balaban J connectivity index is 1.95. The number of hydrogen-bond donors (Lipinski definition) is 0. The Bertz CT molecular complexity index is 645. The Morgan fingerprint density at radius 2 is 2.00 bits per heavy atom. The third-order valence-electron chi connectivity index (χ3n) is 2.81. The average Bonchev–Trinajstić information content (AvgIpc) is 3.08. The second-order valence-electron chi connectivity index (χ2n) is 4.07. The molecular weight excluding hydrogens is 274 g/mol. The van der Waals surface area contributed by atoms with Gasteiger partial charge in [-0.05, 0) is 23.3 Å². The third-order valence-corrected chi connectivity index (χ3v) is 4.48. The van der Waals surface area contributed by atoms with Crippen molar-refractivity contribution in [2.75, 3.05) is 6.26 Å². The first kappa shape index (κ1) is 12.4. The highest BCUT2D eigenvalue weighted by Gasteiger charge is 2.14. The molecule has 3 nitrogen and oxygen atoms in total. The molecule has 0 aliphatic carbocycles. The smallest absolute Gasteiger partial charge is 0.136 e. The minimum atomic E-state index is 0.759. The molecule has 0 aliphatic rings. The summed E-state index contributed by atoms with van der Waals surface area (Å²) in [6.07, 6.45) is 2.07. The van der Waals surface area contributed by atoms with Gasteiger partial charge < -0.3 is 0 Å². The molecule has 1 aromatic carbocycles. The Kier molecular flexibility index (Phi) is 3.66. The van der Waals surface area contributed by atoms with Gasteiger partial charge in [-0.15, -0.1) is 28.2 Å². The molecule has 0 amide bonds. The van der Waals surface area contributed by atoms with E-state index in [0.717, 1.165) is 17.3 Å². The monoisotopic (exact) mass is 287 g/mol. The third kappa shape index (κ3) is 2.57. The van der Waals surface area contributed by atoms with Gasteiger partial charge in [0.15, 0.2) is 0 Å². The van der Waals surface area contributed by atoms with Gasteiger partial charge in [0.1, 0.15) is 10.7 Å². The van der Waals surface area contributed by atoms with Gasteiger partial charge in [0.05, 0.1) is 11.4 Å². The Morgan fingerprint density at radius 3 is 2.68 bits per heavy atom. The van der Waals surface area contributed by atoms with Crippen molar-refractivity contribution in [3.63, 3.8) is 0 Å². The van der Waals surface area contributed by atoms with Gasteiger partial charge in [0, 0.05) is 0 Å². The number of aromatic nitrogens is 3. The van der Waals surface area contributed by atoms with E-state index in [9.17, 15) is 0 Å². The predicted octanol–water partition coefficient (Wildman–Crippen LogP) is 3.78. The zero-order valence-corrected chi connectivity index (χ0v) is 12.1. The molecule has 19 heavy (non-hydrogen) atoms. The summed E-state index contributed by atoms with van der Waals surface area (Å²) in [5.74, 6) is 0. The van der Waals surface area contributed by atoms with Gasteiger partial charge in [-0.25, -0.2) is 4.68 Å². The van der Waals surface area contributed by atoms with E-state index in [2.05, 4.69) is 40.1 Å². The van der Waals surface area contributed by atoms with Crippen molar-refractivity contribution in [1.29, 1.82) is 0 Å². The summed E-state index contributed by atoms with van der Waals surface area (Å²) < 4.78 is 1.97. The maximum atomic E-state index is 4.33. The summed E-state index contributed by atoms with van der Waals surface area (Å²) in [7, 11) is 0. The first-order chi connectivity index (χ1) is 9.38. The quantitative estimate of drug-likeness (QED) is 0.684. The number of thiophene rings is 1. The lowest BCUT2D eigenvalue weighted by Gasteiger charge is -2.05. The van der Waals surface area contributed by atoms with E-state index >= 15 is 0 Å². The average molecular weight is 287 g/mol. The van der Waals surface area contributed by atoms with Crippen molar-refractivity contribution in [2.45, 2.75) is 11.6 Å². The molecule has 0 fully saturated rings. The van der Waals surface area contributed by atoms with Gasteiger partial charge in [0.25, 0.3) is 0 Å². The maximum absolute atomic E-state index is 4.33. The van der Waals surface area contributed by atoms with Crippen LogP contribution in [-0.4, -0.2) is 21.2 Å². The van der Waals surface area contributed by atoms with Crippen molar-refractivity contribution in [2.24, 2.45) is 0 Å². The van der Waals surface area contributed by atoms with E-state index < -0.39 is 0 Å².